The first kappa shape index (κ1) is 19.5. The van der Waals surface area contributed by atoms with Crippen molar-refractivity contribution < 1.29 is 17.9 Å². The second kappa shape index (κ2) is 6.62. The fourth-order valence-corrected chi connectivity index (χ4v) is 3.82. The van der Waals surface area contributed by atoms with Crippen LogP contribution in [0.5, 0.6) is 5.75 Å². The number of fused-ring (bicyclic) bond motifs is 3. The van der Waals surface area contributed by atoms with Crippen LogP contribution in [0.3, 0.4) is 0 Å². The van der Waals surface area contributed by atoms with Crippen molar-refractivity contribution in [3.63, 3.8) is 0 Å². The highest BCUT2D eigenvalue weighted by atomic mass is 19.4. The lowest BCUT2D eigenvalue weighted by atomic mass is 10.1. The molecular weight excluding hydrogens is 395 g/mol. The van der Waals surface area contributed by atoms with Crippen LogP contribution < -0.4 is 10.5 Å². The third-order valence-corrected chi connectivity index (χ3v) is 5.09. The Morgan fingerprint density at radius 1 is 1.20 bits per heavy atom. The van der Waals surface area contributed by atoms with Crippen LogP contribution in [-0.4, -0.2) is 21.6 Å². The van der Waals surface area contributed by atoms with E-state index in [0.717, 1.165) is 5.56 Å². The molecule has 30 heavy (non-hydrogen) atoms. The minimum atomic E-state index is -4.79. The number of nitrogens with zero attached hydrogens (tertiary/aromatic N) is 4. The van der Waals surface area contributed by atoms with E-state index in [1.807, 2.05) is 6.07 Å². The number of benzene rings is 1. The topological polar surface area (TPSA) is 89.8 Å². The molecule has 0 bridgehead atoms. The molecule has 0 atom stereocenters. The van der Waals surface area contributed by atoms with Gasteiger partial charge in [0.1, 0.15) is 28.7 Å². The normalized spacial score (nSPS) is 11.8. The molecule has 4 rings (SSSR count). The van der Waals surface area contributed by atoms with Gasteiger partial charge in [0.25, 0.3) is 0 Å². The van der Waals surface area contributed by atoms with Gasteiger partial charge >= 0.3 is 6.18 Å². The number of ether oxygens (including phenoxy) is 1. The second-order valence-corrected chi connectivity index (χ2v) is 6.82. The van der Waals surface area contributed by atoms with Gasteiger partial charge in [-0.15, -0.1) is 0 Å². The van der Waals surface area contributed by atoms with Crippen LogP contribution in [0.2, 0.25) is 0 Å². The van der Waals surface area contributed by atoms with Crippen LogP contribution >= 0.6 is 0 Å². The Balaban J connectivity index is 2.34. The zero-order valence-corrected chi connectivity index (χ0v) is 16.3. The Hall–Kier alpha value is -3.80. The van der Waals surface area contributed by atoms with Crippen LogP contribution in [-0.2, 0) is 6.18 Å². The number of aromatic nitrogens is 3. The summed E-state index contributed by atoms with van der Waals surface area (Å²) < 4.78 is 48.6. The monoisotopic (exact) mass is 411 g/mol. The number of anilines is 1. The van der Waals surface area contributed by atoms with Gasteiger partial charge in [0.15, 0.2) is 5.69 Å². The van der Waals surface area contributed by atoms with E-state index in [0.29, 0.717) is 17.0 Å². The maximum absolute atomic E-state index is 13.9. The number of nitriles is 1. The van der Waals surface area contributed by atoms with Crippen molar-refractivity contribution in [3.05, 3.63) is 52.8 Å². The Kier molecular flexibility index (Phi) is 4.31. The van der Waals surface area contributed by atoms with Gasteiger partial charge in [0.2, 0.25) is 0 Å². The standard InChI is InChI=1S/C21H16F3N5O/c1-10-6-7-14(30-3)11(2)17(10)29-18-15(12(9-25)20(29)26)19(21(22,23)24)28-13-5-4-8-27-16(13)18/h4-8H,26H2,1-3H3. The van der Waals surface area contributed by atoms with E-state index in [9.17, 15) is 18.4 Å². The molecule has 0 spiro atoms. The first-order chi connectivity index (χ1) is 14.2. The lowest BCUT2D eigenvalue weighted by molar-refractivity contribution is -0.139. The average molecular weight is 411 g/mol. The van der Waals surface area contributed by atoms with E-state index in [2.05, 4.69) is 9.97 Å². The van der Waals surface area contributed by atoms with Crippen LogP contribution in [0, 0.1) is 25.2 Å². The highest BCUT2D eigenvalue weighted by Crippen LogP contribution is 2.43. The first-order valence-corrected chi connectivity index (χ1v) is 8.91. The maximum Gasteiger partial charge on any atom is 0.434 e. The predicted molar refractivity (Wildman–Crippen MR) is 107 cm³/mol. The fourth-order valence-electron chi connectivity index (χ4n) is 3.82. The summed E-state index contributed by atoms with van der Waals surface area (Å²) in [5.41, 5.74) is 7.11. The molecule has 4 aromatic rings. The summed E-state index contributed by atoms with van der Waals surface area (Å²) in [6.07, 6.45) is -3.33. The number of aryl methyl sites for hydroxylation is 1. The van der Waals surface area contributed by atoms with Crippen molar-refractivity contribution in [2.75, 3.05) is 12.8 Å². The zero-order valence-electron chi connectivity index (χ0n) is 16.3. The molecule has 0 aliphatic carbocycles. The Morgan fingerprint density at radius 3 is 2.57 bits per heavy atom. The highest BCUT2D eigenvalue weighted by molar-refractivity contribution is 6.09. The molecular formula is C21H16F3N5O. The van der Waals surface area contributed by atoms with Crippen LogP contribution in [0.4, 0.5) is 19.0 Å². The largest absolute Gasteiger partial charge is 0.496 e. The van der Waals surface area contributed by atoms with Crippen molar-refractivity contribution >= 4 is 27.8 Å². The molecule has 1 aromatic carbocycles. The molecule has 3 aromatic heterocycles. The summed E-state index contributed by atoms with van der Waals surface area (Å²) in [6.45, 7) is 3.58. The summed E-state index contributed by atoms with van der Waals surface area (Å²) in [5.74, 6) is 0.426. The lowest BCUT2D eigenvalue weighted by Crippen LogP contribution is -2.10. The van der Waals surface area contributed by atoms with Crippen LogP contribution in [0.15, 0.2) is 30.5 Å². The highest BCUT2D eigenvalue weighted by Gasteiger charge is 2.39. The van der Waals surface area contributed by atoms with Gasteiger partial charge < -0.3 is 10.5 Å². The third kappa shape index (κ3) is 2.64. The molecule has 0 amide bonds. The van der Waals surface area contributed by atoms with E-state index in [-0.39, 0.29) is 33.3 Å². The van der Waals surface area contributed by atoms with E-state index >= 15 is 0 Å². The summed E-state index contributed by atoms with van der Waals surface area (Å²) in [5, 5.41) is 9.33. The van der Waals surface area contributed by atoms with Gasteiger partial charge in [0.05, 0.1) is 29.2 Å². The molecule has 0 aliphatic rings. The van der Waals surface area contributed by atoms with E-state index in [1.165, 1.54) is 30.0 Å². The van der Waals surface area contributed by atoms with Gasteiger partial charge in [-0.1, -0.05) is 6.07 Å². The Bertz CT molecular complexity index is 1370. The number of methoxy groups -OCH3 is 1. The number of alkyl halides is 3. The van der Waals surface area contributed by atoms with Crippen molar-refractivity contribution in [3.8, 4) is 17.5 Å². The number of halogens is 3. The number of hydrogen-bond donors (Lipinski definition) is 1. The maximum atomic E-state index is 13.9. The fraction of sp³-hybridized carbons (Fsp3) is 0.190. The van der Waals surface area contributed by atoms with Crippen molar-refractivity contribution in [2.24, 2.45) is 0 Å². The van der Waals surface area contributed by atoms with Gasteiger partial charge in [0, 0.05) is 11.8 Å². The second-order valence-electron chi connectivity index (χ2n) is 6.82. The summed E-state index contributed by atoms with van der Waals surface area (Å²) in [7, 11) is 1.50. The van der Waals surface area contributed by atoms with Gasteiger partial charge in [-0.3, -0.25) is 9.55 Å². The molecule has 0 aliphatic heterocycles. The van der Waals surface area contributed by atoms with Gasteiger partial charge in [-0.05, 0) is 37.6 Å². The number of nitrogens with two attached hydrogens (primary N) is 1. The van der Waals surface area contributed by atoms with Crippen molar-refractivity contribution in [1.29, 1.82) is 5.26 Å². The predicted octanol–water partition coefficient (Wildman–Crippen LogP) is 4.67. The molecule has 0 fully saturated rings. The molecule has 152 valence electrons. The molecule has 0 unspecified atom stereocenters. The molecule has 9 heteroatoms. The SMILES string of the molecule is COc1ccc(C)c(-n2c(N)c(C#N)c3c(C(F)(F)F)nc4cccnc4c32)c1C. The van der Waals surface area contributed by atoms with E-state index in [1.54, 1.807) is 26.0 Å². The smallest absolute Gasteiger partial charge is 0.434 e. The molecule has 6 nitrogen and oxygen atoms in total. The van der Waals surface area contributed by atoms with E-state index in [4.69, 9.17) is 10.5 Å². The first-order valence-electron chi connectivity index (χ1n) is 8.91. The molecule has 0 saturated carbocycles. The molecule has 3 heterocycles. The average Bonchev–Trinajstić information content (AvgIpc) is 2.99. The molecule has 0 saturated heterocycles. The van der Waals surface area contributed by atoms with E-state index < -0.39 is 11.9 Å². The lowest BCUT2D eigenvalue weighted by Gasteiger charge is -2.18. The number of nitrogen functional groups attached to an aromatic ring is 1. The molecule has 2 N–H and O–H groups in total. The third-order valence-electron chi connectivity index (χ3n) is 5.09. The summed E-state index contributed by atoms with van der Waals surface area (Å²) >= 11 is 0. The van der Waals surface area contributed by atoms with Crippen molar-refractivity contribution in [2.45, 2.75) is 20.0 Å². The summed E-state index contributed by atoms with van der Waals surface area (Å²) in [4.78, 5) is 8.04. The van der Waals surface area contributed by atoms with Gasteiger partial charge in [-0.2, -0.15) is 18.4 Å². The molecule has 0 radical (unpaired) electrons. The zero-order chi connectivity index (χ0) is 21.8. The number of rotatable bonds is 2. The van der Waals surface area contributed by atoms with Crippen molar-refractivity contribution in [1.82, 2.24) is 14.5 Å². The Labute approximate surface area is 169 Å². The minimum Gasteiger partial charge on any atom is -0.496 e. The quantitative estimate of drug-likeness (QED) is 0.518. The van der Waals surface area contributed by atoms with Crippen LogP contribution in [0.1, 0.15) is 22.4 Å². The summed E-state index contributed by atoms with van der Waals surface area (Å²) in [6, 6.07) is 8.32. The minimum absolute atomic E-state index is 0.0544. The Morgan fingerprint density at radius 2 is 1.93 bits per heavy atom. The number of pyridine rings is 2. The van der Waals surface area contributed by atoms with Crippen LogP contribution in [0.25, 0.3) is 27.6 Å². The number of hydrogen-bond acceptors (Lipinski definition) is 5. The van der Waals surface area contributed by atoms with Gasteiger partial charge in [-0.25, -0.2) is 4.98 Å².